The molecule has 2 aromatic rings. The van der Waals surface area contributed by atoms with Crippen LogP contribution in [0.25, 0.3) is 0 Å². The van der Waals surface area contributed by atoms with Crippen LogP contribution in [0.1, 0.15) is 28.2 Å². The first kappa shape index (κ1) is 15.5. The zero-order valence-electron chi connectivity index (χ0n) is 11.4. The Hall–Kier alpha value is -1.85. The lowest BCUT2D eigenvalue weighted by molar-refractivity contribution is -0.120. The van der Waals surface area contributed by atoms with Crippen molar-refractivity contribution in [3.05, 3.63) is 57.2 Å². The summed E-state index contributed by atoms with van der Waals surface area (Å²) in [6.07, 6.45) is 0. The molecule has 2 rings (SSSR count). The van der Waals surface area contributed by atoms with E-state index in [0.717, 1.165) is 5.56 Å². The molecule has 21 heavy (non-hydrogen) atoms. The normalized spacial score (nSPS) is 11.7. The lowest BCUT2D eigenvalue weighted by Crippen LogP contribution is -2.37. The van der Waals surface area contributed by atoms with E-state index < -0.39 is 0 Å². The number of carbonyl (C=O) groups excluding carboxylic acids is 2. The summed E-state index contributed by atoms with van der Waals surface area (Å²) in [6, 6.07) is 10.6. The molecule has 0 aliphatic carbocycles. The highest BCUT2D eigenvalue weighted by molar-refractivity contribution is 7.12. The largest absolute Gasteiger partial charge is 0.348 e. The summed E-state index contributed by atoms with van der Waals surface area (Å²) in [5.41, 5.74) is 0.956. The third-order valence-electron chi connectivity index (χ3n) is 2.90. The van der Waals surface area contributed by atoms with Gasteiger partial charge in [0, 0.05) is 5.02 Å². The van der Waals surface area contributed by atoms with Crippen LogP contribution in [-0.2, 0) is 4.79 Å². The number of halogens is 1. The Balaban J connectivity index is 1.81. The number of benzene rings is 1. The molecule has 1 aromatic heterocycles. The van der Waals surface area contributed by atoms with Crippen LogP contribution >= 0.6 is 22.9 Å². The Morgan fingerprint density at radius 1 is 1.24 bits per heavy atom. The molecule has 1 aromatic carbocycles. The van der Waals surface area contributed by atoms with Crippen molar-refractivity contribution in [1.82, 2.24) is 10.6 Å². The fourth-order valence-electron chi connectivity index (χ4n) is 1.78. The standard InChI is InChI=1S/C15H15ClN2O2S/c1-10(11-4-6-12(16)7-5-11)18-14(19)9-17-15(20)13-3-2-8-21-13/h2-8,10H,9H2,1H3,(H,17,20)(H,18,19)/t10-/m0/s1. The Morgan fingerprint density at radius 3 is 2.57 bits per heavy atom. The minimum atomic E-state index is -0.237. The number of hydrogen-bond donors (Lipinski definition) is 2. The van der Waals surface area contributed by atoms with Gasteiger partial charge in [0.05, 0.1) is 17.5 Å². The van der Waals surface area contributed by atoms with E-state index in [9.17, 15) is 9.59 Å². The van der Waals surface area contributed by atoms with Crippen LogP contribution in [0.2, 0.25) is 5.02 Å². The summed E-state index contributed by atoms with van der Waals surface area (Å²) < 4.78 is 0. The fraction of sp³-hybridized carbons (Fsp3) is 0.200. The van der Waals surface area contributed by atoms with Gasteiger partial charge in [0.25, 0.3) is 5.91 Å². The van der Waals surface area contributed by atoms with Crippen molar-refractivity contribution in [3.8, 4) is 0 Å². The molecule has 0 saturated carbocycles. The van der Waals surface area contributed by atoms with Crippen molar-refractivity contribution in [1.29, 1.82) is 0 Å². The molecule has 2 amide bonds. The molecule has 4 nitrogen and oxygen atoms in total. The van der Waals surface area contributed by atoms with Gasteiger partial charge in [0.2, 0.25) is 5.91 Å². The van der Waals surface area contributed by atoms with Crippen LogP contribution in [-0.4, -0.2) is 18.4 Å². The third-order valence-corrected chi connectivity index (χ3v) is 4.02. The molecule has 0 spiro atoms. The fourth-order valence-corrected chi connectivity index (χ4v) is 2.55. The summed E-state index contributed by atoms with van der Waals surface area (Å²) in [7, 11) is 0. The Morgan fingerprint density at radius 2 is 1.95 bits per heavy atom. The highest BCUT2D eigenvalue weighted by atomic mass is 35.5. The minimum absolute atomic E-state index is 0.0470. The first-order valence-corrected chi connectivity index (χ1v) is 7.68. The summed E-state index contributed by atoms with van der Waals surface area (Å²) in [4.78, 5) is 24.1. The maximum atomic E-state index is 11.8. The summed E-state index contributed by atoms with van der Waals surface area (Å²) in [5.74, 6) is -0.471. The van der Waals surface area contributed by atoms with Gasteiger partial charge in [0.1, 0.15) is 0 Å². The monoisotopic (exact) mass is 322 g/mol. The molecular weight excluding hydrogens is 308 g/mol. The van der Waals surface area contributed by atoms with Crippen molar-refractivity contribution in [2.75, 3.05) is 6.54 Å². The molecule has 0 unspecified atom stereocenters. The van der Waals surface area contributed by atoms with Crippen LogP contribution in [0, 0.1) is 0 Å². The van der Waals surface area contributed by atoms with Crippen molar-refractivity contribution in [2.45, 2.75) is 13.0 Å². The van der Waals surface area contributed by atoms with Gasteiger partial charge in [-0.05, 0) is 36.1 Å². The summed E-state index contributed by atoms with van der Waals surface area (Å²) in [5, 5.41) is 7.88. The molecule has 0 fully saturated rings. The van der Waals surface area contributed by atoms with E-state index >= 15 is 0 Å². The average molecular weight is 323 g/mol. The van der Waals surface area contributed by atoms with E-state index in [2.05, 4.69) is 10.6 Å². The molecule has 0 aliphatic rings. The molecule has 110 valence electrons. The molecule has 0 bridgehead atoms. The van der Waals surface area contributed by atoms with Crippen molar-refractivity contribution >= 4 is 34.8 Å². The SMILES string of the molecule is C[C@H](NC(=O)CNC(=O)c1cccs1)c1ccc(Cl)cc1. The molecule has 2 N–H and O–H groups in total. The van der Waals surface area contributed by atoms with E-state index in [1.165, 1.54) is 11.3 Å². The lowest BCUT2D eigenvalue weighted by Gasteiger charge is -2.14. The quantitative estimate of drug-likeness (QED) is 0.889. The van der Waals surface area contributed by atoms with Gasteiger partial charge in [-0.15, -0.1) is 11.3 Å². The maximum Gasteiger partial charge on any atom is 0.261 e. The van der Waals surface area contributed by atoms with E-state index in [0.29, 0.717) is 9.90 Å². The van der Waals surface area contributed by atoms with Crippen molar-refractivity contribution in [3.63, 3.8) is 0 Å². The third kappa shape index (κ3) is 4.58. The average Bonchev–Trinajstić information content (AvgIpc) is 2.99. The maximum absolute atomic E-state index is 11.8. The minimum Gasteiger partial charge on any atom is -0.348 e. The van der Waals surface area contributed by atoms with Crippen LogP contribution < -0.4 is 10.6 Å². The van der Waals surface area contributed by atoms with Crippen LogP contribution in [0.4, 0.5) is 0 Å². The number of amides is 2. The Bertz CT molecular complexity index is 611. The van der Waals surface area contributed by atoms with Gasteiger partial charge < -0.3 is 10.6 Å². The zero-order chi connectivity index (χ0) is 15.2. The van der Waals surface area contributed by atoms with Crippen molar-refractivity contribution < 1.29 is 9.59 Å². The van der Waals surface area contributed by atoms with Gasteiger partial charge in [-0.3, -0.25) is 9.59 Å². The second kappa shape index (κ2) is 7.24. The van der Waals surface area contributed by atoms with Gasteiger partial charge in [0.15, 0.2) is 0 Å². The number of rotatable bonds is 5. The summed E-state index contributed by atoms with van der Waals surface area (Å²) >= 11 is 7.16. The van der Waals surface area contributed by atoms with E-state index in [4.69, 9.17) is 11.6 Å². The predicted octanol–water partition coefficient (Wildman–Crippen LogP) is 3.01. The zero-order valence-corrected chi connectivity index (χ0v) is 13.0. The molecule has 1 heterocycles. The second-order valence-corrected chi connectivity index (χ2v) is 5.88. The van der Waals surface area contributed by atoms with Crippen LogP contribution in [0.3, 0.4) is 0 Å². The smallest absolute Gasteiger partial charge is 0.261 e. The molecule has 0 radical (unpaired) electrons. The molecule has 6 heteroatoms. The topological polar surface area (TPSA) is 58.2 Å². The van der Waals surface area contributed by atoms with Crippen LogP contribution in [0.5, 0.6) is 0 Å². The van der Waals surface area contributed by atoms with E-state index in [-0.39, 0.29) is 24.4 Å². The van der Waals surface area contributed by atoms with E-state index in [1.807, 2.05) is 24.4 Å². The Labute approximate surface area is 132 Å². The first-order chi connectivity index (χ1) is 10.1. The van der Waals surface area contributed by atoms with Gasteiger partial charge in [-0.1, -0.05) is 29.8 Å². The Kier molecular flexibility index (Phi) is 5.36. The number of hydrogen-bond acceptors (Lipinski definition) is 3. The number of thiophene rings is 1. The number of nitrogens with one attached hydrogen (secondary N) is 2. The van der Waals surface area contributed by atoms with Gasteiger partial charge in [-0.25, -0.2) is 0 Å². The van der Waals surface area contributed by atoms with Crippen molar-refractivity contribution in [2.24, 2.45) is 0 Å². The molecular formula is C15H15ClN2O2S. The molecule has 0 saturated heterocycles. The predicted molar refractivity (Wildman–Crippen MR) is 84.7 cm³/mol. The highest BCUT2D eigenvalue weighted by Crippen LogP contribution is 2.15. The van der Waals surface area contributed by atoms with E-state index in [1.54, 1.807) is 24.3 Å². The lowest BCUT2D eigenvalue weighted by atomic mass is 10.1. The van der Waals surface area contributed by atoms with Crippen LogP contribution in [0.15, 0.2) is 41.8 Å². The van der Waals surface area contributed by atoms with Gasteiger partial charge >= 0.3 is 0 Å². The second-order valence-electron chi connectivity index (χ2n) is 4.50. The highest BCUT2D eigenvalue weighted by Gasteiger charge is 2.12. The molecule has 1 atom stereocenters. The first-order valence-electron chi connectivity index (χ1n) is 6.43. The number of carbonyl (C=O) groups is 2. The summed E-state index contributed by atoms with van der Waals surface area (Å²) in [6.45, 7) is 1.83. The molecule has 0 aliphatic heterocycles. The van der Waals surface area contributed by atoms with Gasteiger partial charge in [-0.2, -0.15) is 0 Å².